The van der Waals surface area contributed by atoms with Gasteiger partial charge in [0.05, 0.1) is 4.90 Å². The molecule has 1 aliphatic heterocycles. The Morgan fingerprint density at radius 3 is 2.46 bits per heavy atom. The molecule has 0 spiro atoms. The summed E-state index contributed by atoms with van der Waals surface area (Å²) in [5, 5.41) is 0. The predicted molar refractivity (Wildman–Crippen MR) is 105 cm³/mol. The largest absolute Gasteiger partial charge is 0.487 e. The summed E-state index contributed by atoms with van der Waals surface area (Å²) in [6.45, 7) is 1.86. The van der Waals surface area contributed by atoms with Crippen molar-refractivity contribution < 1.29 is 22.1 Å². The van der Waals surface area contributed by atoms with E-state index in [-0.39, 0.29) is 17.6 Å². The molecule has 3 aromatic rings. The van der Waals surface area contributed by atoms with Crippen molar-refractivity contribution in [3.05, 3.63) is 83.9 Å². The van der Waals surface area contributed by atoms with Gasteiger partial charge in [-0.2, -0.15) is 8.42 Å². The van der Waals surface area contributed by atoms with E-state index in [0.717, 1.165) is 22.6 Å². The lowest BCUT2D eigenvalue weighted by Gasteiger charge is -2.11. The monoisotopic (exact) mass is 396 g/mol. The van der Waals surface area contributed by atoms with E-state index in [4.69, 9.17) is 13.7 Å². The van der Waals surface area contributed by atoms with Crippen LogP contribution >= 0.6 is 0 Å². The maximum atomic E-state index is 12.3. The Labute approximate surface area is 164 Å². The van der Waals surface area contributed by atoms with Crippen LogP contribution < -0.4 is 9.47 Å². The SMILES string of the molecule is Cc1ccc(S(=O)(=O)OCC2Cc3cc(Oc4ccccc4)ccc3O2)cc1. The van der Waals surface area contributed by atoms with E-state index in [1.807, 2.05) is 55.5 Å². The Bertz CT molecular complexity index is 1060. The highest BCUT2D eigenvalue weighted by Crippen LogP contribution is 2.34. The minimum atomic E-state index is -3.81. The first kappa shape index (κ1) is 18.5. The zero-order valence-electron chi connectivity index (χ0n) is 15.4. The molecule has 0 saturated heterocycles. The molecule has 0 fully saturated rings. The van der Waals surface area contributed by atoms with Crippen molar-refractivity contribution >= 4 is 10.1 Å². The number of benzene rings is 3. The van der Waals surface area contributed by atoms with Crippen LogP contribution in [0.5, 0.6) is 17.2 Å². The minimum absolute atomic E-state index is 0.0419. The fourth-order valence-electron chi connectivity index (χ4n) is 3.02. The van der Waals surface area contributed by atoms with Gasteiger partial charge in [0.15, 0.2) is 0 Å². The molecule has 0 bridgehead atoms. The van der Waals surface area contributed by atoms with Crippen LogP contribution in [0, 0.1) is 6.92 Å². The molecule has 0 aliphatic carbocycles. The van der Waals surface area contributed by atoms with Gasteiger partial charge < -0.3 is 9.47 Å². The molecule has 144 valence electrons. The van der Waals surface area contributed by atoms with Crippen molar-refractivity contribution in [1.82, 2.24) is 0 Å². The third kappa shape index (κ3) is 4.18. The lowest BCUT2D eigenvalue weighted by Crippen LogP contribution is -2.23. The van der Waals surface area contributed by atoms with Crippen molar-refractivity contribution in [2.24, 2.45) is 0 Å². The summed E-state index contributed by atoms with van der Waals surface area (Å²) in [6.07, 6.45) is 0.201. The van der Waals surface area contributed by atoms with Gasteiger partial charge in [-0.25, -0.2) is 0 Å². The summed E-state index contributed by atoms with van der Waals surface area (Å²) >= 11 is 0. The van der Waals surface area contributed by atoms with Crippen molar-refractivity contribution in [1.29, 1.82) is 0 Å². The fraction of sp³-hybridized carbons (Fsp3) is 0.182. The number of ether oxygens (including phenoxy) is 2. The molecule has 0 amide bonds. The van der Waals surface area contributed by atoms with Gasteiger partial charge in [-0.15, -0.1) is 0 Å². The van der Waals surface area contributed by atoms with Gasteiger partial charge in [-0.3, -0.25) is 4.18 Å². The second-order valence-electron chi connectivity index (χ2n) is 6.68. The number of fused-ring (bicyclic) bond motifs is 1. The molecule has 1 aliphatic rings. The van der Waals surface area contributed by atoms with Crippen LogP contribution in [-0.4, -0.2) is 21.1 Å². The maximum Gasteiger partial charge on any atom is 0.297 e. The van der Waals surface area contributed by atoms with Crippen LogP contribution in [0.4, 0.5) is 0 Å². The smallest absolute Gasteiger partial charge is 0.297 e. The highest BCUT2D eigenvalue weighted by Gasteiger charge is 2.26. The molecule has 1 unspecified atom stereocenters. The zero-order valence-corrected chi connectivity index (χ0v) is 16.2. The first-order valence-corrected chi connectivity index (χ1v) is 10.4. The molecule has 0 aromatic heterocycles. The van der Waals surface area contributed by atoms with E-state index >= 15 is 0 Å². The summed E-state index contributed by atoms with van der Waals surface area (Å²) in [7, 11) is -3.81. The van der Waals surface area contributed by atoms with Crippen molar-refractivity contribution in [2.75, 3.05) is 6.61 Å². The minimum Gasteiger partial charge on any atom is -0.487 e. The molecular weight excluding hydrogens is 376 g/mol. The van der Waals surface area contributed by atoms with Gasteiger partial charge in [0, 0.05) is 12.0 Å². The Balaban J connectivity index is 1.39. The first-order chi connectivity index (χ1) is 13.5. The normalized spacial score (nSPS) is 15.7. The highest BCUT2D eigenvalue weighted by atomic mass is 32.2. The lowest BCUT2D eigenvalue weighted by molar-refractivity contribution is 0.152. The van der Waals surface area contributed by atoms with E-state index in [1.54, 1.807) is 24.3 Å². The van der Waals surface area contributed by atoms with Crippen molar-refractivity contribution in [2.45, 2.75) is 24.3 Å². The lowest BCUT2D eigenvalue weighted by atomic mass is 10.1. The quantitative estimate of drug-likeness (QED) is 0.574. The molecule has 0 saturated carbocycles. The predicted octanol–water partition coefficient (Wildman–Crippen LogP) is 4.50. The van der Waals surface area contributed by atoms with Gasteiger partial charge >= 0.3 is 0 Å². The molecule has 6 heteroatoms. The Hall–Kier alpha value is -2.83. The second kappa shape index (κ2) is 7.66. The number of hydrogen-bond acceptors (Lipinski definition) is 5. The third-order valence-corrected chi connectivity index (χ3v) is 5.77. The van der Waals surface area contributed by atoms with Crippen LogP contribution in [0.15, 0.2) is 77.7 Å². The fourth-order valence-corrected chi connectivity index (χ4v) is 3.95. The first-order valence-electron chi connectivity index (χ1n) is 8.98. The molecule has 0 radical (unpaired) electrons. The maximum absolute atomic E-state index is 12.3. The average Bonchev–Trinajstić information content (AvgIpc) is 3.10. The molecule has 4 rings (SSSR count). The number of para-hydroxylation sites is 1. The van der Waals surface area contributed by atoms with Crippen molar-refractivity contribution in [3.63, 3.8) is 0 Å². The summed E-state index contributed by atoms with van der Waals surface area (Å²) < 4.78 is 41.5. The molecule has 0 N–H and O–H groups in total. The number of rotatable bonds is 6. The van der Waals surface area contributed by atoms with Crippen LogP contribution in [0.3, 0.4) is 0 Å². The molecule has 1 atom stereocenters. The summed E-state index contributed by atoms with van der Waals surface area (Å²) in [5.74, 6) is 2.19. The van der Waals surface area contributed by atoms with Gasteiger partial charge in [0.2, 0.25) is 0 Å². The zero-order chi connectivity index (χ0) is 19.6. The Morgan fingerprint density at radius 1 is 0.964 bits per heavy atom. The van der Waals surface area contributed by atoms with E-state index in [1.165, 1.54) is 0 Å². The summed E-state index contributed by atoms with van der Waals surface area (Å²) in [5.41, 5.74) is 1.96. The van der Waals surface area contributed by atoms with Gasteiger partial charge in [0.1, 0.15) is 30.0 Å². The number of hydrogen-bond donors (Lipinski definition) is 0. The van der Waals surface area contributed by atoms with Crippen molar-refractivity contribution in [3.8, 4) is 17.2 Å². The van der Waals surface area contributed by atoms with Crippen LogP contribution in [0.25, 0.3) is 0 Å². The van der Waals surface area contributed by atoms with E-state index in [2.05, 4.69) is 0 Å². The summed E-state index contributed by atoms with van der Waals surface area (Å²) in [6, 6.07) is 21.7. The van der Waals surface area contributed by atoms with Gasteiger partial charge in [0.25, 0.3) is 10.1 Å². The standard InChI is InChI=1S/C22H20O5S/c1-16-7-10-21(11-8-16)28(23,24)25-15-20-14-17-13-19(9-12-22(17)27-20)26-18-5-3-2-4-6-18/h2-13,20H,14-15H2,1H3. The molecule has 3 aromatic carbocycles. The molecule has 28 heavy (non-hydrogen) atoms. The van der Waals surface area contributed by atoms with Crippen LogP contribution in [0.1, 0.15) is 11.1 Å². The molecule has 1 heterocycles. The van der Waals surface area contributed by atoms with Gasteiger partial charge in [-0.1, -0.05) is 35.9 Å². The highest BCUT2D eigenvalue weighted by molar-refractivity contribution is 7.86. The Kier molecular flexibility index (Phi) is 5.07. The van der Waals surface area contributed by atoms with Gasteiger partial charge in [-0.05, 0) is 49.4 Å². The third-order valence-electron chi connectivity index (χ3n) is 4.47. The number of aryl methyl sites for hydroxylation is 1. The van der Waals surface area contributed by atoms with Crippen LogP contribution in [-0.2, 0) is 20.7 Å². The second-order valence-corrected chi connectivity index (χ2v) is 8.30. The molecular formula is C22H20O5S. The van der Waals surface area contributed by atoms with Crippen LogP contribution in [0.2, 0.25) is 0 Å². The van der Waals surface area contributed by atoms with E-state index in [9.17, 15) is 8.42 Å². The Morgan fingerprint density at radius 2 is 1.71 bits per heavy atom. The van der Waals surface area contributed by atoms with E-state index < -0.39 is 10.1 Å². The average molecular weight is 396 g/mol. The summed E-state index contributed by atoms with van der Waals surface area (Å²) in [4.78, 5) is 0.146. The van der Waals surface area contributed by atoms with E-state index in [0.29, 0.717) is 12.2 Å². The topological polar surface area (TPSA) is 61.8 Å². The molecule has 5 nitrogen and oxygen atoms in total.